The molecule has 0 aliphatic heterocycles. The summed E-state index contributed by atoms with van der Waals surface area (Å²) in [6.07, 6.45) is 0.138. The first-order valence-corrected chi connectivity index (χ1v) is 11.0. The third-order valence-corrected chi connectivity index (χ3v) is 5.87. The summed E-state index contributed by atoms with van der Waals surface area (Å²) < 4.78 is 0. The van der Waals surface area contributed by atoms with Crippen LogP contribution in [0.25, 0.3) is 10.8 Å². The Morgan fingerprint density at radius 1 is 0.735 bits per heavy atom. The molecule has 4 aromatic carbocycles. The minimum atomic E-state index is -1.15. The van der Waals surface area contributed by atoms with Crippen LogP contribution < -0.4 is 5.32 Å². The van der Waals surface area contributed by atoms with E-state index in [2.05, 4.69) is 5.32 Å². The number of aromatic carboxylic acids is 1. The zero-order valence-corrected chi connectivity index (χ0v) is 19.3. The van der Waals surface area contributed by atoms with E-state index >= 15 is 0 Å². The number of fused-ring (bicyclic) bond motifs is 1. The molecule has 0 spiro atoms. The zero-order chi connectivity index (χ0) is 24.4. The Hall–Kier alpha value is -4.25. The average Bonchev–Trinajstić information content (AvgIpc) is 2.78. The van der Waals surface area contributed by atoms with Crippen molar-refractivity contribution in [2.45, 2.75) is 27.2 Å². The number of carboxylic acid groups (broad SMARTS) is 1. The summed E-state index contributed by atoms with van der Waals surface area (Å²) in [5.41, 5.74) is 4.88. The van der Waals surface area contributed by atoms with Crippen LogP contribution in [-0.4, -0.2) is 22.8 Å². The van der Waals surface area contributed by atoms with Crippen molar-refractivity contribution < 1.29 is 19.5 Å². The Morgan fingerprint density at radius 3 is 2.06 bits per heavy atom. The van der Waals surface area contributed by atoms with Gasteiger partial charge in [-0.1, -0.05) is 48.0 Å². The molecule has 0 aliphatic carbocycles. The summed E-state index contributed by atoms with van der Waals surface area (Å²) in [7, 11) is 0. The molecule has 0 aromatic heterocycles. The molecule has 170 valence electrons. The first-order chi connectivity index (χ1) is 16.2. The molecule has 0 atom stereocenters. The molecule has 5 nitrogen and oxygen atoms in total. The predicted molar refractivity (Wildman–Crippen MR) is 134 cm³/mol. The first-order valence-electron chi connectivity index (χ1n) is 11.0. The summed E-state index contributed by atoms with van der Waals surface area (Å²) in [6.45, 7) is 5.70. The van der Waals surface area contributed by atoms with Gasteiger partial charge in [0, 0.05) is 28.6 Å². The number of amides is 1. The van der Waals surface area contributed by atoms with Gasteiger partial charge in [0.2, 0.25) is 0 Å². The molecule has 4 aromatic rings. The number of hydrogen-bond acceptors (Lipinski definition) is 3. The van der Waals surface area contributed by atoms with E-state index in [1.54, 1.807) is 24.3 Å². The highest BCUT2D eigenvalue weighted by Gasteiger charge is 2.23. The third kappa shape index (κ3) is 4.59. The summed E-state index contributed by atoms with van der Waals surface area (Å²) in [4.78, 5) is 38.7. The quantitative estimate of drug-likeness (QED) is 0.345. The molecule has 0 aliphatic rings. The maximum absolute atomic E-state index is 13.3. The zero-order valence-electron chi connectivity index (χ0n) is 19.3. The molecule has 0 saturated heterocycles. The normalized spacial score (nSPS) is 10.8. The lowest BCUT2D eigenvalue weighted by molar-refractivity contribution is 0.0698. The van der Waals surface area contributed by atoms with E-state index < -0.39 is 5.97 Å². The van der Waals surface area contributed by atoms with E-state index in [9.17, 15) is 19.5 Å². The molecule has 2 N–H and O–H groups in total. The monoisotopic (exact) mass is 451 g/mol. The van der Waals surface area contributed by atoms with Gasteiger partial charge in [-0.3, -0.25) is 9.59 Å². The van der Waals surface area contributed by atoms with Crippen LogP contribution in [0.3, 0.4) is 0 Å². The lowest BCUT2D eigenvalue weighted by Crippen LogP contribution is -2.15. The molecule has 1 amide bonds. The second-order valence-corrected chi connectivity index (χ2v) is 8.56. The number of rotatable bonds is 6. The number of Topliss-reactive ketones (excluding diaryl/α,β-unsaturated/α-hetero) is 1. The van der Waals surface area contributed by atoms with Crippen LogP contribution in [0.1, 0.15) is 53.3 Å². The highest BCUT2D eigenvalue weighted by Crippen LogP contribution is 2.31. The molecule has 0 unspecified atom stereocenters. The maximum atomic E-state index is 13.3. The maximum Gasteiger partial charge on any atom is 0.336 e. The second kappa shape index (κ2) is 9.32. The molecular formula is C29H25NO4. The number of nitrogens with one attached hydrogen (secondary N) is 1. The van der Waals surface area contributed by atoms with Gasteiger partial charge in [0.1, 0.15) is 0 Å². The number of anilines is 1. The SMILES string of the molecule is Cc1cccc(CC(=O)c2ccc(C(=O)Nc3cccc(C)c3)c3c(C)ccc(C(=O)O)c23)c1. The Bertz CT molecular complexity index is 1450. The van der Waals surface area contributed by atoms with Gasteiger partial charge in [0.15, 0.2) is 5.78 Å². The van der Waals surface area contributed by atoms with Crippen LogP contribution in [0.15, 0.2) is 72.8 Å². The standard InChI is InChI=1S/C29H25NO4/c1-17-6-4-8-20(14-17)16-25(31)22-12-13-23(28(32)30-21-9-5-7-18(2)15-21)26-19(3)10-11-24(27(22)26)29(33)34/h4-15H,16H2,1-3H3,(H,30,32)(H,33,34). The predicted octanol–water partition coefficient (Wildman–Crippen LogP) is 6.14. The van der Waals surface area contributed by atoms with Crippen molar-refractivity contribution in [3.8, 4) is 0 Å². The van der Waals surface area contributed by atoms with E-state index in [0.29, 0.717) is 27.6 Å². The van der Waals surface area contributed by atoms with Crippen molar-refractivity contribution >= 4 is 34.1 Å². The average molecular weight is 452 g/mol. The van der Waals surface area contributed by atoms with Crippen molar-refractivity contribution in [3.63, 3.8) is 0 Å². The molecule has 0 fully saturated rings. The topological polar surface area (TPSA) is 83.5 Å². The lowest BCUT2D eigenvalue weighted by Gasteiger charge is -2.16. The van der Waals surface area contributed by atoms with E-state index in [1.807, 2.05) is 63.2 Å². The number of hydrogen-bond donors (Lipinski definition) is 2. The van der Waals surface area contributed by atoms with Gasteiger partial charge in [-0.25, -0.2) is 4.79 Å². The van der Waals surface area contributed by atoms with Gasteiger partial charge in [0.25, 0.3) is 5.91 Å². The molecular weight excluding hydrogens is 426 g/mol. The number of carbonyl (C=O) groups excluding carboxylic acids is 2. The van der Waals surface area contributed by atoms with E-state index in [-0.39, 0.29) is 23.7 Å². The summed E-state index contributed by atoms with van der Waals surface area (Å²) in [5, 5.41) is 13.5. The van der Waals surface area contributed by atoms with Crippen LogP contribution in [-0.2, 0) is 6.42 Å². The molecule has 4 rings (SSSR count). The molecule has 34 heavy (non-hydrogen) atoms. The Kier molecular flexibility index (Phi) is 6.28. The van der Waals surface area contributed by atoms with Gasteiger partial charge in [0.05, 0.1) is 5.56 Å². The highest BCUT2D eigenvalue weighted by atomic mass is 16.4. The number of aryl methyl sites for hydroxylation is 3. The highest BCUT2D eigenvalue weighted by molar-refractivity contribution is 6.22. The van der Waals surface area contributed by atoms with Crippen molar-refractivity contribution in [1.82, 2.24) is 0 Å². The summed E-state index contributed by atoms with van der Waals surface area (Å²) in [6, 6.07) is 21.4. The fourth-order valence-electron chi connectivity index (χ4n) is 4.29. The largest absolute Gasteiger partial charge is 0.478 e. The van der Waals surface area contributed by atoms with Crippen molar-refractivity contribution in [3.05, 3.63) is 112 Å². The van der Waals surface area contributed by atoms with Gasteiger partial charge in [-0.15, -0.1) is 0 Å². The van der Waals surface area contributed by atoms with E-state index in [0.717, 1.165) is 22.3 Å². The molecule has 0 radical (unpaired) electrons. The van der Waals surface area contributed by atoms with Crippen LogP contribution in [0, 0.1) is 20.8 Å². The number of carbonyl (C=O) groups is 3. The van der Waals surface area contributed by atoms with Crippen LogP contribution in [0.4, 0.5) is 5.69 Å². The van der Waals surface area contributed by atoms with Gasteiger partial charge < -0.3 is 10.4 Å². The molecule has 0 bridgehead atoms. The molecule has 0 heterocycles. The van der Waals surface area contributed by atoms with E-state index in [1.165, 1.54) is 6.07 Å². The third-order valence-electron chi connectivity index (χ3n) is 5.87. The van der Waals surface area contributed by atoms with Crippen LogP contribution in [0.5, 0.6) is 0 Å². The smallest absolute Gasteiger partial charge is 0.336 e. The summed E-state index contributed by atoms with van der Waals surface area (Å²) in [5.74, 6) is -1.71. The van der Waals surface area contributed by atoms with E-state index in [4.69, 9.17) is 0 Å². The number of benzene rings is 4. The second-order valence-electron chi connectivity index (χ2n) is 8.56. The van der Waals surface area contributed by atoms with Crippen LogP contribution in [0.2, 0.25) is 0 Å². The van der Waals surface area contributed by atoms with Crippen LogP contribution >= 0.6 is 0 Å². The van der Waals surface area contributed by atoms with Gasteiger partial charge >= 0.3 is 5.97 Å². The van der Waals surface area contributed by atoms with Crippen molar-refractivity contribution in [1.29, 1.82) is 0 Å². The minimum absolute atomic E-state index is 0.00148. The van der Waals surface area contributed by atoms with Gasteiger partial charge in [-0.05, 0) is 73.2 Å². The lowest BCUT2D eigenvalue weighted by atomic mass is 9.89. The first kappa shape index (κ1) is 22.9. The van der Waals surface area contributed by atoms with Gasteiger partial charge in [-0.2, -0.15) is 0 Å². The molecule has 5 heteroatoms. The fraction of sp³-hybridized carbons (Fsp3) is 0.138. The minimum Gasteiger partial charge on any atom is -0.478 e. The Labute approximate surface area is 198 Å². The fourth-order valence-corrected chi connectivity index (χ4v) is 4.29. The van der Waals surface area contributed by atoms with Crippen molar-refractivity contribution in [2.24, 2.45) is 0 Å². The number of carboxylic acids is 1. The Morgan fingerprint density at radius 2 is 1.38 bits per heavy atom. The molecule has 0 saturated carbocycles. The number of ketones is 1. The summed E-state index contributed by atoms with van der Waals surface area (Å²) >= 11 is 0. The van der Waals surface area contributed by atoms with Crippen molar-refractivity contribution in [2.75, 3.05) is 5.32 Å². The Balaban J connectivity index is 1.85.